The quantitative estimate of drug-likeness (QED) is 0.518. The predicted octanol–water partition coefficient (Wildman–Crippen LogP) is 1.19. The van der Waals surface area contributed by atoms with E-state index in [1.165, 1.54) is 17.8 Å². The van der Waals surface area contributed by atoms with Gasteiger partial charge in [0, 0.05) is 23.1 Å². The maximum absolute atomic E-state index is 11.7. The molecule has 1 aromatic rings. The van der Waals surface area contributed by atoms with Crippen LogP contribution < -0.4 is 16.6 Å². The van der Waals surface area contributed by atoms with Gasteiger partial charge < -0.3 is 16.0 Å². The van der Waals surface area contributed by atoms with E-state index in [2.05, 4.69) is 15.3 Å². The van der Waals surface area contributed by atoms with Crippen molar-refractivity contribution in [3.05, 3.63) is 22.1 Å². The first-order valence-corrected chi connectivity index (χ1v) is 7.82. The molecule has 6 nitrogen and oxygen atoms in total. The Morgan fingerprint density at radius 1 is 1.52 bits per heavy atom. The van der Waals surface area contributed by atoms with Gasteiger partial charge in [-0.25, -0.2) is 4.98 Å². The fraction of sp³-hybridized carbons (Fsp3) is 0.643. The molecule has 1 heterocycles. The van der Waals surface area contributed by atoms with Crippen molar-refractivity contribution in [2.75, 3.05) is 0 Å². The molecule has 0 saturated heterocycles. The molecule has 0 radical (unpaired) electrons. The zero-order chi connectivity index (χ0) is 16.2. The minimum Gasteiger partial charge on any atom is -0.368 e. The van der Waals surface area contributed by atoms with Crippen LogP contribution in [0.2, 0.25) is 0 Å². The van der Waals surface area contributed by atoms with Crippen molar-refractivity contribution in [2.24, 2.45) is 5.73 Å². The van der Waals surface area contributed by atoms with Crippen LogP contribution in [0, 0.1) is 6.92 Å². The largest absolute Gasteiger partial charge is 0.368 e. The van der Waals surface area contributed by atoms with Gasteiger partial charge in [-0.3, -0.25) is 9.59 Å². The van der Waals surface area contributed by atoms with Crippen molar-refractivity contribution >= 4 is 17.7 Å². The smallest absolute Gasteiger partial charge is 0.251 e. The second kappa shape index (κ2) is 7.09. The summed E-state index contributed by atoms with van der Waals surface area (Å²) < 4.78 is 0. The molecule has 0 bridgehead atoms. The number of hydrogen-bond acceptors (Lipinski definition) is 5. The van der Waals surface area contributed by atoms with Gasteiger partial charge in [-0.15, -0.1) is 0 Å². The fourth-order valence-electron chi connectivity index (χ4n) is 2.28. The highest BCUT2D eigenvalue weighted by Gasteiger charge is 2.33. The highest BCUT2D eigenvalue weighted by Crippen LogP contribution is 2.26. The van der Waals surface area contributed by atoms with Crippen LogP contribution in [0.3, 0.4) is 0 Å². The van der Waals surface area contributed by atoms with Gasteiger partial charge in [0.1, 0.15) is 0 Å². The molecule has 1 aromatic heterocycles. The molecule has 1 rings (SSSR count). The molecule has 21 heavy (non-hydrogen) atoms. The Labute approximate surface area is 129 Å². The van der Waals surface area contributed by atoms with Crippen LogP contribution in [-0.4, -0.2) is 32.7 Å². The molecule has 0 aliphatic heterocycles. The normalized spacial score (nSPS) is 15.7. The zero-order valence-corrected chi connectivity index (χ0v) is 14.0. The maximum Gasteiger partial charge on any atom is 0.251 e. The van der Waals surface area contributed by atoms with E-state index in [-0.39, 0.29) is 22.8 Å². The lowest BCUT2D eigenvalue weighted by Gasteiger charge is -2.32. The van der Waals surface area contributed by atoms with Crippen molar-refractivity contribution in [1.82, 2.24) is 15.3 Å². The third-order valence-corrected chi connectivity index (χ3v) is 3.99. The summed E-state index contributed by atoms with van der Waals surface area (Å²) in [6.07, 6.45) is 0.544. The van der Waals surface area contributed by atoms with Gasteiger partial charge in [0.25, 0.3) is 5.56 Å². The Hall–Kier alpha value is -1.34. The van der Waals surface area contributed by atoms with Crippen molar-refractivity contribution in [2.45, 2.75) is 63.0 Å². The van der Waals surface area contributed by atoms with Crippen LogP contribution in [0.4, 0.5) is 0 Å². The molecule has 0 fully saturated rings. The molecule has 2 atom stereocenters. The molecule has 2 unspecified atom stereocenters. The van der Waals surface area contributed by atoms with Gasteiger partial charge in [-0.05, 0) is 34.1 Å². The van der Waals surface area contributed by atoms with Gasteiger partial charge in [0.2, 0.25) is 5.91 Å². The molecule has 0 aliphatic rings. The SMILES string of the molecule is Cc1cc(=O)[nH]c(SC(C)CC(C)(NC(C)C)C(N)=O)n1. The Balaban J connectivity index is 2.80. The molecular weight excluding hydrogens is 288 g/mol. The Morgan fingerprint density at radius 2 is 2.14 bits per heavy atom. The number of amides is 1. The van der Waals surface area contributed by atoms with E-state index in [0.717, 1.165) is 0 Å². The highest BCUT2D eigenvalue weighted by atomic mass is 32.2. The molecule has 0 aliphatic carbocycles. The number of aryl methyl sites for hydroxylation is 1. The number of hydrogen-bond donors (Lipinski definition) is 3. The Bertz CT molecular complexity index is 558. The van der Waals surface area contributed by atoms with E-state index in [4.69, 9.17) is 5.73 Å². The van der Waals surface area contributed by atoms with Crippen LogP contribution in [0.1, 0.15) is 39.8 Å². The number of aromatic amines is 1. The second-order valence-electron chi connectivity index (χ2n) is 5.82. The van der Waals surface area contributed by atoms with Crippen molar-refractivity contribution < 1.29 is 4.79 Å². The van der Waals surface area contributed by atoms with E-state index in [0.29, 0.717) is 17.3 Å². The van der Waals surface area contributed by atoms with E-state index in [1.54, 1.807) is 13.8 Å². The summed E-state index contributed by atoms with van der Waals surface area (Å²) in [5, 5.41) is 3.84. The maximum atomic E-state index is 11.7. The Kier molecular flexibility index (Phi) is 5.98. The van der Waals surface area contributed by atoms with Crippen LogP contribution in [0.15, 0.2) is 16.0 Å². The molecule has 4 N–H and O–H groups in total. The van der Waals surface area contributed by atoms with Crippen LogP contribution in [-0.2, 0) is 4.79 Å². The number of primary amides is 1. The van der Waals surface area contributed by atoms with E-state index in [9.17, 15) is 9.59 Å². The average molecular weight is 312 g/mol. The number of thioether (sulfide) groups is 1. The summed E-state index contributed by atoms with van der Waals surface area (Å²) in [4.78, 5) is 30.1. The van der Waals surface area contributed by atoms with Crippen LogP contribution in [0.5, 0.6) is 0 Å². The third kappa shape index (κ3) is 5.51. The van der Waals surface area contributed by atoms with Crippen molar-refractivity contribution in [3.63, 3.8) is 0 Å². The second-order valence-corrected chi connectivity index (χ2v) is 7.25. The number of rotatable bonds is 7. The summed E-state index contributed by atoms with van der Waals surface area (Å²) in [5.41, 5.74) is 5.24. The number of H-pyrrole nitrogens is 1. The van der Waals surface area contributed by atoms with Gasteiger partial charge in [-0.1, -0.05) is 18.7 Å². The lowest BCUT2D eigenvalue weighted by atomic mass is 9.94. The van der Waals surface area contributed by atoms with Crippen LogP contribution in [0.25, 0.3) is 0 Å². The third-order valence-electron chi connectivity index (χ3n) is 3.01. The van der Waals surface area contributed by atoms with Gasteiger partial charge in [0.15, 0.2) is 5.16 Å². The summed E-state index contributed by atoms with van der Waals surface area (Å²) >= 11 is 1.43. The molecule has 0 spiro atoms. The molecule has 0 aromatic carbocycles. The average Bonchev–Trinajstić information content (AvgIpc) is 2.24. The van der Waals surface area contributed by atoms with Gasteiger partial charge in [0.05, 0.1) is 5.54 Å². The van der Waals surface area contributed by atoms with E-state index >= 15 is 0 Å². The number of nitrogens with zero attached hydrogens (tertiary/aromatic N) is 1. The fourth-order valence-corrected chi connectivity index (χ4v) is 3.44. The molecule has 0 saturated carbocycles. The van der Waals surface area contributed by atoms with Crippen LogP contribution >= 0.6 is 11.8 Å². The number of nitrogens with one attached hydrogen (secondary N) is 2. The van der Waals surface area contributed by atoms with Crippen molar-refractivity contribution in [1.29, 1.82) is 0 Å². The first-order valence-electron chi connectivity index (χ1n) is 6.94. The lowest BCUT2D eigenvalue weighted by molar-refractivity contribution is -0.124. The Morgan fingerprint density at radius 3 is 2.62 bits per heavy atom. The number of aromatic nitrogens is 2. The summed E-state index contributed by atoms with van der Waals surface area (Å²) in [5.74, 6) is -0.380. The lowest BCUT2D eigenvalue weighted by Crippen LogP contribution is -2.56. The summed E-state index contributed by atoms with van der Waals surface area (Å²) in [6.45, 7) is 9.50. The number of carbonyl (C=O) groups excluding carboxylic acids is 1. The monoisotopic (exact) mass is 312 g/mol. The molecular formula is C14H24N4O2S. The molecule has 1 amide bonds. The first-order chi connectivity index (χ1) is 9.62. The minimum atomic E-state index is -0.787. The zero-order valence-electron chi connectivity index (χ0n) is 13.2. The first kappa shape index (κ1) is 17.7. The minimum absolute atomic E-state index is 0.0682. The van der Waals surface area contributed by atoms with Gasteiger partial charge >= 0.3 is 0 Å². The standard InChI is InChI=1S/C14H24N4O2S/c1-8(2)18-14(5,12(15)20)7-10(4)21-13-16-9(3)6-11(19)17-13/h6,8,10,18H,7H2,1-5H3,(H2,15,20)(H,16,17,19). The van der Waals surface area contributed by atoms with Gasteiger partial charge in [-0.2, -0.15) is 0 Å². The predicted molar refractivity (Wildman–Crippen MR) is 85.4 cm³/mol. The number of nitrogens with two attached hydrogens (primary N) is 1. The topological polar surface area (TPSA) is 101 Å². The molecule has 7 heteroatoms. The number of carbonyl (C=O) groups is 1. The van der Waals surface area contributed by atoms with E-state index < -0.39 is 5.54 Å². The van der Waals surface area contributed by atoms with E-state index in [1.807, 2.05) is 20.8 Å². The summed E-state index contributed by atoms with van der Waals surface area (Å²) in [6, 6.07) is 1.60. The highest BCUT2D eigenvalue weighted by molar-refractivity contribution is 7.99. The summed E-state index contributed by atoms with van der Waals surface area (Å²) in [7, 11) is 0. The van der Waals surface area contributed by atoms with Crippen molar-refractivity contribution in [3.8, 4) is 0 Å². The molecule has 118 valence electrons.